The summed E-state index contributed by atoms with van der Waals surface area (Å²) in [4.78, 5) is 1.65. The molecule has 1 nitrogen and oxygen atoms in total. The van der Waals surface area contributed by atoms with Crippen LogP contribution in [0.15, 0.2) is 10.5 Å². The first-order valence-corrected chi connectivity index (χ1v) is 6.30. The normalized spacial score (nSPS) is 36.5. The van der Waals surface area contributed by atoms with Crippen molar-refractivity contribution in [1.82, 2.24) is 5.32 Å². The maximum atomic E-state index is 3.67. The predicted molar refractivity (Wildman–Crippen MR) is 58.6 cm³/mol. The van der Waals surface area contributed by atoms with Crippen LogP contribution in [-0.2, 0) is 0 Å². The van der Waals surface area contributed by atoms with E-state index in [1.54, 1.807) is 10.5 Å². The van der Waals surface area contributed by atoms with Gasteiger partial charge < -0.3 is 5.32 Å². The predicted octanol–water partition coefficient (Wildman–Crippen LogP) is 2.87. The highest BCUT2D eigenvalue weighted by atomic mass is 79.9. The maximum Gasteiger partial charge on any atom is 0.0681 e. The molecule has 0 amide bonds. The number of nitrogens with one attached hydrogen (secondary N) is 1. The van der Waals surface area contributed by atoms with Crippen LogP contribution < -0.4 is 5.32 Å². The van der Waals surface area contributed by atoms with E-state index in [0.717, 1.165) is 6.54 Å². The Labute approximate surface area is 86.5 Å². The van der Waals surface area contributed by atoms with Crippen molar-refractivity contribution < 1.29 is 0 Å². The van der Waals surface area contributed by atoms with Crippen molar-refractivity contribution in [2.45, 2.75) is 36.4 Å². The summed E-state index contributed by atoms with van der Waals surface area (Å²) in [7, 11) is 0. The van der Waals surface area contributed by atoms with E-state index < -0.39 is 0 Å². The van der Waals surface area contributed by atoms with Crippen LogP contribution in [0.2, 0.25) is 0 Å². The lowest BCUT2D eigenvalue weighted by Gasteiger charge is -2.10. The zero-order valence-corrected chi connectivity index (χ0v) is 9.67. The van der Waals surface area contributed by atoms with Crippen molar-refractivity contribution in [3.05, 3.63) is 10.5 Å². The number of thioether (sulfide) groups is 1. The van der Waals surface area contributed by atoms with Crippen molar-refractivity contribution >= 4 is 27.7 Å². The van der Waals surface area contributed by atoms with E-state index >= 15 is 0 Å². The molecule has 0 saturated carbocycles. The zero-order chi connectivity index (χ0) is 8.55. The third-order valence-electron chi connectivity index (χ3n) is 2.47. The number of rotatable bonds is 0. The first kappa shape index (κ1) is 9.10. The zero-order valence-electron chi connectivity index (χ0n) is 7.27. The van der Waals surface area contributed by atoms with Gasteiger partial charge in [0.2, 0.25) is 0 Å². The van der Waals surface area contributed by atoms with Gasteiger partial charge in [-0.15, -0.1) is 11.8 Å². The lowest BCUT2D eigenvalue weighted by molar-refractivity contribution is 0.561. The van der Waals surface area contributed by atoms with Gasteiger partial charge in [0.15, 0.2) is 0 Å². The molecule has 0 aromatic heterocycles. The third kappa shape index (κ3) is 1.88. The van der Waals surface area contributed by atoms with Gasteiger partial charge in [-0.3, -0.25) is 0 Å². The average Bonchev–Trinajstić information content (AvgIpc) is 2.23. The Morgan fingerprint density at radius 2 is 2.33 bits per heavy atom. The highest BCUT2D eigenvalue weighted by Crippen LogP contribution is 2.44. The Kier molecular flexibility index (Phi) is 2.82. The molecule has 0 aromatic rings. The van der Waals surface area contributed by atoms with Crippen LogP contribution >= 0.6 is 27.7 Å². The van der Waals surface area contributed by atoms with Gasteiger partial charge in [0.25, 0.3) is 0 Å². The molecule has 0 bridgehead atoms. The minimum absolute atomic E-state index is 0.660. The molecular weight excluding hydrogens is 234 g/mol. The van der Waals surface area contributed by atoms with Gasteiger partial charge >= 0.3 is 0 Å². The number of hydrogen-bond donors (Lipinski definition) is 1. The van der Waals surface area contributed by atoms with Gasteiger partial charge in [-0.1, -0.05) is 21.5 Å². The van der Waals surface area contributed by atoms with E-state index in [9.17, 15) is 0 Å². The molecule has 68 valence electrons. The molecule has 12 heavy (non-hydrogen) atoms. The van der Waals surface area contributed by atoms with Crippen molar-refractivity contribution in [2.75, 3.05) is 6.54 Å². The van der Waals surface area contributed by atoms with Gasteiger partial charge in [-0.05, 0) is 37.6 Å². The molecule has 3 heteroatoms. The summed E-state index contributed by atoms with van der Waals surface area (Å²) >= 11 is 5.70. The Bertz CT molecular complexity index is 215. The molecule has 0 saturated heterocycles. The first-order valence-electron chi connectivity index (χ1n) is 4.50. The highest BCUT2D eigenvalue weighted by Gasteiger charge is 2.25. The Hall–Kier alpha value is 0.530. The second kappa shape index (κ2) is 3.72. The van der Waals surface area contributed by atoms with Gasteiger partial charge in [0.1, 0.15) is 0 Å². The quantitative estimate of drug-likeness (QED) is 0.661. The molecule has 0 aliphatic carbocycles. The van der Waals surface area contributed by atoms with E-state index in [1.807, 2.05) is 11.8 Å². The number of alkyl halides is 1. The topological polar surface area (TPSA) is 12.0 Å². The van der Waals surface area contributed by atoms with Crippen molar-refractivity contribution in [3.63, 3.8) is 0 Å². The van der Waals surface area contributed by atoms with Crippen molar-refractivity contribution in [2.24, 2.45) is 0 Å². The molecule has 2 unspecified atom stereocenters. The Balaban J connectivity index is 2.09. The van der Waals surface area contributed by atoms with Gasteiger partial charge in [0.05, 0.1) is 4.16 Å². The molecule has 0 spiro atoms. The van der Waals surface area contributed by atoms with Crippen molar-refractivity contribution in [3.8, 4) is 0 Å². The SMILES string of the molecule is CC1CC2=C(CCN1)SC(Br)C2. The minimum atomic E-state index is 0.660. The summed E-state index contributed by atoms with van der Waals surface area (Å²) in [5, 5.41) is 3.52. The molecule has 1 N–H and O–H groups in total. The molecule has 0 aromatic carbocycles. The molecule has 0 radical (unpaired) electrons. The molecule has 2 aliphatic heterocycles. The molecule has 2 rings (SSSR count). The average molecular weight is 248 g/mol. The minimum Gasteiger partial charge on any atom is -0.314 e. The smallest absolute Gasteiger partial charge is 0.0681 e. The van der Waals surface area contributed by atoms with E-state index in [0.29, 0.717) is 10.2 Å². The van der Waals surface area contributed by atoms with Crippen LogP contribution in [-0.4, -0.2) is 16.7 Å². The fourth-order valence-corrected chi connectivity index (χ4v) is 4.11. The van der Waals surface area contributed by atoms with Crippen LogP contribution in [0.25, 0.3) is 0 Å². The van der Waals surface area contributed by atoms with E-state index in [4.69, 9.17) is 0 Å². The van der Waals surface area contributed by atoms with Crippen LogP contribution in [0.4, 0.5) is 0 Å². The van der Waals surface area contributed by atoms with Gasteiger partial charge in [-0.25, -0.2) is 0 Å². The lowest BCUT2D eigenvalue weighted by Crippen LogP contribution is -2.25. The molecule has 2 heterocycles. The summed E-state index contributed by atoms with van der Waals surface area (Å²) in [6.07, 6.45) is 3.75. The largest absolute Gasteiger partial charge is 0.314 e. The Morgan fingerprint density at radius 1 is 1.50 bits per heavy atom. The summed E-state index contributed by atoms with van der Waals surface area (Å²) in [5.74, 6) is 0. The highest BCUT2D eigenvalue weighted by molar-refractivity contribution is 9.11. The number of halogens is 1. The molecule has 2 aliphatic rings. The van der Waals surface area contributed by atoms with Crippen molar-refractivity contribution in [1.29, 1.82) is 0 Å². The fraction of sp³-hybridized carbons (Fsp3) is 0.778. The van der Waals surface area contributed by atoms with Crippen LogP contribution in [0.1, 0.15) is 26.2 Å². The Morgan fingerprint density at radius 3 is 3.17 bits per heavy atom. The molecule has 2 atom stereocenters. The van der Waals surface area contributed by atoms with Gasteiger partial charge in [-0.2, -0.15) is 0 Å². The first-order chi connectivity index (χ1) is 5.75. The van der Waals surface area contributed by atoms with E-state index in [2.05, 4.69) is 28.2 Å². The second-order valence-electron chi connectivity index (χ2n) is 3.57. The van der Waals surface area contributed by atoms with E-state index in [1.165, 1.54) is 19.3 Å². The summed E-state index contributed by atoms with van der Waals surface area (Å²) in [6, 6.07) is 0.677. The van der Waals surface area contributed by atoms with E-state index in [-0.39, 0.29) is 0 Å². The summed E-state index contributed by atoms with van der Waals surface area (Å²) < 4.78 is 0.660. The van der Waals surface area contributed by atoms with Gasteiger partial charge in [0, 0.05) is 6.04 Å². The standard InChI is InChI=1S/C9H14BrNS/c1-6-4-7-5-9(10)12-8(7)2-3-11-6/h6,9,11H,2-5H2,1H3. The summed E-state index contributed by atoms with van der Waals surface area (Å²) in [5.41, 5.74) is 1.69. The summed E-state index contributed by atoms with van der Waals surface area (Å²) in [6.45, 7) is 3.44. The maximum absolute atomic E-state index is 3.67. The monoisotopic (exact) mass is 247 g/mol. The molecular formula is C9H14BrNS. The van der Waals surface area contributed by atoms with Crippen LogP contribution in [0.5, 0.6) is 0 Å². The second-order valence-corrected chi connectivity index (χ2v) is 6.58. The fourth-order valence-electron chi connectivity index (χ4n) is 1.89. The van der Waals surface area contributed by atoms with Crippen LogP contribution in [0, 0.1) is 0 Å². The lowest BCUT2D eigenvalue weighted by atomic mass is 10.1. The van der Waals surface area contributed by atoms with Crippen LogP contribution in [0.3, 0.4) is 0 Å². The number of hydrogen-bond acceptors (Lipinski definition) is 2. The third-order valence-corrected chi connectivity index (χ3v) is 4.55. The molecule has 0 fully saturated rings.